The molecule has 0 aliphatic heterocycles. The molecule has 0 amide bonds. The lowest BCUT2D eigenvalue weighted by atomic mass is 10.2. The zero-order valence-corrected chi connectivity index (χ0v) is 10.1. The Morgan fingerprint density at radius 2 is 2.29 bits per heavy atom. The van der Waals surface area contributed by atoms with E-state index in [1.807, 2.05) is 0 Å². The molecule has 2 N–H and O–H groups in total. The Bertz CT molecular complexity index is 609. The average Bonchev–Trinajstić information content (AvgIpc) is 2.34. The molecule has 90 valence electrons. The average molecular weight is 254 g/mol. The summed E-state index contributed by atoms with van der Waals surface area (Å²) in [5.41, 5.74) is 5.69. The maximum absolute atomic E-state index is 12.1. The van der Waals surface area contributed by atoms with Gasteiger partial charge in [-0.25, -0.2) is 4.98 Å². The molecule has 0 saturated carbocycles. The Hall–Kier alpha value is -1.59. The molecule has 0 aliphatic carbocycles. The highest BCUT2D eigenvalue weighted by atomic mass is 35.5. The number of fused-ring (bicyclic) bond motifs is 1. The van der Waals surface area contributed by atoms with Crippen molar-refractivity contribution in [3.63, 3.8) is 0 Å². The van der Waals surface area contributed by atoms with Crippen LogP contribution in [0.4, 0.5) is 0 Å². The molecule has 0 unspecified atom stereocenters. The highest BCUT2D eigenvalue weighted by Crippen LogP contribution is 2.22. The topological polar surface area (TPSA) is 70.1 Å². The molecule has 0 aliphatic rings. The summed E-state index contributed by atoms with van der Waals surface area (Å²) in [4.78, 5) is 16.3. The van der Waals surface area contributed by atoms with Gasteiger partial charge in [0.1, 0.15) is 11.3 Å². The molecule has 1 aromatic carbocycles. The van der Waals surface area contributed by atoms with Gasteiger partial charge in [0.2, 0.25) is 5.28 Å². The first kappa shape index (κ1) is 11.9. The van der Waals surface area contributed by atoms with Gasteiger partial charge in [-0.2, -0.15) is 0 Å². The zero-order valence-electron chi connectivity index (χ0n) is 9.31. The summed E-state index contributed by atoms with van der Waals surface area (Å²) in [5.74, 6) is 0.529. The van der Waals surface area contributed by atoms with E-state index in [1.54, 1.807) is 18.2 Å². The van der Waals surface area contributed by atoms with Crippen molar-refractivity contribution < 1.29 is 4.74 Å². The second kappa shape index (κ2) is 4.73. The molecule has 2 aromatic rings. The quantitative estimate of drug-likeness (QED) is 0.829. The lowest BCUT2D eigenvalue weighted by Crippen LogP contribution is -2.25. The minimum Gasteiger partial charge on any atom is -0.494 e. The van der Waals surface area contributed by atoms with E-state index in [-0.39, 0.29) is 10.8 Å². The number of ether oxygens (including phenoxy) is 1. The van der Waals surface area contributed by atoms with Crippen molar-refractivity contribution in [1.82, 2.24) is 9.55 Å². The van der Waals surface area contributed by atoms with Gasteiger partial charge < -0.3 is 10.5 Å². The third-order valence-electron chi connectivity index (χ3n) is 2.47. The Labute approximate surface area is 103 Å². The van der Waals surface area contributed by atoms with Crippen molar-refractivity contribution in [2.24, 2.45) is 5.73 Å². The Kier molecular flexibility index (Phi) is 3.31. The Morgan fingerprint density at radius 3 is 2.94 bits per heavy atom. The van der Waals surface area contributed by atoms with Crippen molar-refractivity contribution >= 4 is 22.5 Å². The zero-order chi connectivity index (χ0) is 12.4. The Balaban J connectivity index is 2.81. The van der Waals surface area contributed by atoms with Crippen molar-refractivity contribution in [1.29, 1.82) is 0 Å². The number of halogens is 1. The van der Waals surface area contributed by atoms with E-state index in [1.165, 1.54) is 11.7 Å². The lowest BCUT2D eigenvalue weighted by Gasteiger charge is -2.09. The van der Waals surface area contributed by atoms with Gasteiger partial charge in [0.15, 0.2) is 0 Å². The summed E-state index contributed by atoms with van der Waals surface area (Å²) in [6.45, 7) is 0.675. The van der Waals surface area contributed by atoms with Gasteiger partial charge in [-0.3, -0.25) is 9.36 Å². The van der Waals surface area contributed by atoms with Gasteiger partial charge in [0, 0.05) is 13.1 Å². The third kappa shape index (κ3) is 1.99. The summed E-state index contributed by atoms with van der Waals surface area (Å²) in [5, 5.41) is 0.597. The van der Waals surface area contributed by atoms with Crippen LogP contribution in [0.3, 0.4) is 0 Å². The highest BCUT2D eigenvalue weighted by Gasteiger charge is 2.11. The first-order valence-corrected chi connectivity index (χ1v) is 5.50. The number of benzene rings is 1. The van der Waals surface area contributed by atoms with E-state index in [0.717, 1.165) is 0 Å². The molecular weight excluding hydrogens is 242 g/mol. The maximum atomic E-state index is 12.1. The molecule has 6 heteroatoms. The van der Waals surface area contributed by atoms with E-state index in [0.29, 0.717) is 29.7 Å². The molecular formula is C11H12ClN3O2. The van der Waals surface area contributed by atoms with Gasteiger partial charge in [-0.15, -0.1) is 0 Å². The fourth-order valence-corrected chi connectivity index (χ4v) is 1.93. The summed E-state index contributed by atoms with van der Waals surface area (Å²) >= 11 is 5.96. The predicted molar refractivity (Wildman–Crippen MR) is 66.6 cm³/mol. The molecule has 0 radical (unpaired) electrons. The molecule has 5 nitrogen and oxygen atoms in total. The van der Waals surface area contributed by atoms with Crippen molar-refractivity contribution in [2.45, 2.75) is 6.54 Å². The smallest absolute Gasteiger partial charge is 0.262 e. The number of aromatic nitrogens is 2. The SMILES string of the molecule is COc1cccc2c(=O)n(CCN)c(Cl)nc12. The van der Waals surface area contributed by atoms with Crippen LogP contribution in [0.25, 0.3) is 10.9 Å². The van der Waals surface area contributed by atoms with Gasteiger partial charge >= 0.3 is 0 Å². The Morgan fingerprint density at radius 1 is 1.53 bits per heavy atom. The van der Waals surface area contributed by atoms with Gasteiger partial charge in [-0.05, 0) is 23.7 Å². The molecule has 17 heavy (non-hydrogen) atoms. The van der Waals surface area contributed by atoms with Crippen LogP contribution in [0.15, 0.2) is 23.0 Å². The molecule has 1 heterocycles. The third-order valence-corrected chi connectivity index (χ3v) is 2.76. The summed E-state index contributed by atoms with van der Waals surface area (Å²) < 4.78 is 6.49. The first-order chi connectivity index (χ1) is 8.19. The van der Waals surface area contributed by atoms with Gasteiger partial charge in [0.25, 0.3) is 5.56 Å². The minimum absolute atomic E-state index is 0.123. The first-order valence-electron chi connectivity index (χ1n) is 5.12. The summed E-state index contributed by atoms with van der Waals surface area (Å²) in [7, 11) is 1.52. The fourth-order valence-electron chi connectivity index (χ4n) is 1.68. The molecule has 2 rings (SSSR count). The van der Waals surface area contributed by atoms with Crippen LogP contribution in [-0.4, -0.2) is 23.2 Å². The lowest BCUT2D eigenvalue weighted by molar-refractivity contribution is 0.418. The standard InChI is InChI=1S/C11H12ClN3O2/c1-17-8-4-2-3-7-9(8)14-11(12)15(6-5-13)10(7)16/h2-4H,5-6,13H2,1H3. The minimum atomic E-state index is -0.204. The van der Waals surface area contributed by atoms with Gasteiger partial charge in [0.05, 0.1) is 12.5 Å². The van der Waals surface area contributed by atoms with Crippen LogP contribution in [-0.2, 0) is 6.54 Å². The number of hydrogen-bond acceptors (Lipinski definition) is 4. The van der Waals surface area contributed by atoms with E-state index in [2.05, 4.69) is 4.98 Å². The van der Waals surface area contributed by atoms with Crippen LogP contribution in [0.1, 0.15) is 0 Å². The highest BCUT2D eigenvalue weighted by molar-refractivity contribution is 6.28. The van der Waals surface area contributed by atoms with Crippen molar-refractivity contribution in [3.8, 4) is 5.75 Å². The fraction of sp³-hybridized carbons (Fsp3) is 0.273. The molecule has 0 bridgehead atoms. The maximum Gasteiger partial charge on any atom is 0.262 e. The molecule has 0 spiro atoms. The normalized spacial score (nSPS) is 10.8. The number of hydrogen-bond donors (Lipinski definition) is 1. The molecule has 0 atom stereocenters. The number of para-hydroxylation sites is 1. The van der Waals surface area contributed by atoms with E-state index < -0.39 is 0 Å². The van der Waals surface area contributed by atoms with Crippen molar-refractivity contribution in [2.75, 3.05) is 13.7 Å². The van der Waals surface area contributed by atoms with E-state index >= 15 is 0 Å². The molecule has 0 saturated heterocycles. The van der Waals surface area contributed by atoms with Crippen LogP contribution >= 0.6 is 11.6 Å². The number of rotatable bonds is 3. The van der Waals surface area contributed by atoms with E-state index in [4.69, 9.17) is 22.1 Å². The second-order valence-corrected chi connectivity index (χ2v) is 3.82. The van der Waals surface area contributed by atoms with E-state index in [9.17, 15) is 4.79 Å². The second-order valence-electron chi connectivity index (χ2n) is 3.48. The predicted octanol–water partition coefficient (Wildman–Crippen LogP) is 1.02. The molecule has 1 aromatic heterocycles. The number of nitrogens with two attached hydrogens (primary N) is 1. The number of methoxy groups -OCH3 is 1. The van der Waals surface area contributed by atoms with Crippen LogP contribution in [0.2, 0.25) is 5.28 Å². The van der Waals surface area contributed by atoms with Gasteiger partial charge in [-0.1, -0.05) is 6.07 Å². The largest absolute Gasteiger partial charge is 0.494 e. The summed E-state index contributed by atoms with van der Waals surface area (Å²) in [6, 6.07) is 5.17. The summed E-state index contributed by atoms with van der Waals surface area (Å²) in [6.07, 6.45) is 0. The van der Waals surface area contributed by atoms with Crippen LogP contribution < -0.4 is 16.0 Å². The van der Waals surface area contributed by atoms with Crippen molar-refractivity contribution in [3.05, 3.63) is 33.8 Å². The molecule has 0 fully saturated rings. The van der Waals surface area contributed by atoms with Crippen LogP contribution in [0.5, 0.6) is 5.75 Å². The monoisotopic (exact) mass is 253 g/mol. The number of nitrogens with zero attached hydrogens (tertiary/aromatic N) is 2. The van der Waals surface area contributed by atoms with Crippen LogP contribution in [0, 0.1) is 0 Å².